The SMILES string of the molecule is Cc1c(N2C(=O)/C(=C\c3cccn3C)SC2=S)c(=O)n(-c2ccccc2)n1C. The van der Waals surface area contributed by atoms with E-state index < -0.39 is 0 Å². The third-order valence-electron chi connectivity index (χ3n) is 4.80. The zero-order valence-electron chi connectivity index (χ0n) is 15.6. The molecule has 3 heterocycles. The highest BCUT2D eigenvalue weighted by Crippen LogP contribution is 2.36. The number of thioether (sulfide) groups is 1. The Labute approximate surface area is 171 Å². The van der Waals surface area contributed by atoms with E-state index >= 15 is 0 Å². The van der Waals surface area contributed by atoms with Gasteiger partial charge in [-0.3, -0.25) is 19.2 Å². The van der Waals surface area contributed by atoms with Crippen molar-refractivity contribution in [1.82, 2.24) is 13.9 Å². The van der Waals surface area contributed by atoms with E-state index in [1.54, 1.807) is 22.5 Å². The molecule has 1 amide bonds. The molecular weight excluding hydrogens is 392 g/mol. The van der Waals surface area contributed by atoms with Crippen molar-refractivity contribution in [3.05, 3.63) is 75.3 Å². The summed E-state index contributed by atoms with van der Waals surface area (Å²) in [4.78, 5) is 28.2. The lowest BCUT2D eigenvalue weighted by molar-refractivity contribution is -0.113. The molecule has 3 aromatic rings. The van der Waals surface area contributed by atoms with E-state index in [2.05, 4.69) is 0 Å². The second-order valence-electron chi connectivity index (χ2n) is 6.47. The number of aryl methyl sites for hydroxylation is 1. The second kappa shape index (κ2) is 6.96. The third kappa shape index (κ3) is 2.85. The molecule has 2 aromatic heterocycles. The van der Waals surface area contributed by atoms with Crippen molar-refractivity contribution in [2.45, 2.75) is 6.92 Å². The van der Waals surface area contributed by atoms with Gasteiger partial charge >= 0.3 is 0 Å². The summed E-state index contributed by atoms with van der Waals surface area (Å²) in [5.41, 5.74) is 2.32. The summed E-state index contributed by atoms with van der Waals surface area (Å²) in [7, 11) is 3.71. The Bertz CT molecular complexity index is 1180. The Hall–Kier alpha value is -2.84. The highest BCUT2D eigenvalue weighted by atomic mass is 32.2. The highest BCUT2D eigenvalue weighted by molar-refractivity contribution is 8.27. The van der Waals surface area contributed by atoms with Crippen LogP contribution < -0.4 is 10.5 Å². The topological polar surface area (TPSA) is 52.2 Å². The van der Waals surface area contributed by atoms with E-state index in [0.717, 1.165) is 11.4 Å². The van der Waals surface area contributed by atoms with Gasteiger partial charge in [0.25, 0.3) is 11.5 Å². The van der Waals surface area contributed by atoms with E-state index in [1.165, 1.54) is 16.7 Å². The van der Waals surface area contributed by atoms with Crippen LogP contribution >= 0.6 is 24.0 Å². The van der Waals surface area contributed by atoms with Crippen molar-refractivity contribution in [1.29, 1.82) is 0 Å². The molecule has 0 radical (unpaired) electrons. The van der Waals surface area contributed by atoms with Crippen LogP contribution in [0.25, 0.3) is 11.8 Å². The summed E-state index contributed by atoms with van der Waals surface area (Å²) in [5.74, 6) is -0.276. The first kappa shape index (κ1) is 18.5. The van der Waals surface area contributed by atoms with Gasteiger partial charge in [0.1, 0.15) is 5.69 Å². The predicted octanol–water partition coefficient (Wildman–Crippen LogP) is 3.23. The molecule has 1 aliphatic heterocycles. The first-order valence-electron chi connectivity index (χ1n) is 8.63. The first-order valence-corrected chi connectivity index (χ1v) is 9.86. The van der Waals surface area contributed by atoms with Gasteiger partial charge in [0.2, 0.25) is 0 Å². The van der Waals surface area contributed by atoms with Crippen molar-refractivity contribution in [2.24, 2.45) is 14.1 Å². The predicted molar refractivity (Wildman–Crippen MR) is 117 cm³/mol. The van der Waals surface area contributed by atoms with Crippen molar-refractivity contribution < 1.29 is 4.79 Å². The van der Waals surface area contributed by atoms with Gasteiger partial charge < -0.3 is 4.57 Å². The van der Waals surface area contributed by atoms with Gasteiger partial charge in [-0.25, -0.2) is 4.68 Å². The Kier molecular flexibility index (Phi) is 4.60. The monoisotopic (exact) mass is 410 g/mol. The van der Waals surface area contributed by atoms with Crippen LogP contribution in [0, 0.1) is 6.92 Å². The molecule has 4 rings (SSSR count). The van der Waals surface area contributed by atoms with Crippen LogP contribution in [-0.2, 0) is 18.9 Å². The smallest absolute Gasteiger partial charge is 0.296 e. The molecule has 0 N–H and O–H groups in total. The molecule has 0 atom stereocenters. The van der Waals surface area contributed by atoms with Crippen LogP contribution in [-0.4, -0.2) is 24.2 Å². The average molecular weight is 411 g/mol. The van der Waals surface area contributed by atoms with Gasteiger partial charge in [0, 0.05) is 26.0 Å². The molecule has 0 unspecified atom stereocenters. The maximum atomic E-state index is 13.2. The number of aromatic nitrogens is 3. The van der Waals surface area contributed by atoms with E-state index in [4.69, 9.17) is 12.2 Å². The largest absolute Gasteiger partial charge is 0.351 e. The second-order valence-corrected chi connectivity index (χ2v) is 8.15. The molecule has 28 heavy (non-hydrogen) atoms. The molecule has 0 aliphatic carbocycles. The van der Waals surface area contributed by atoms with Crippen molar-refractivity contribution in [3.8, 4) is 5.69 Å². The van der Waals surface area contributed by atoms with Crippen LogP contribution in [0.5, 0.6) is 0 Å². The van der Waals surface area contributed by atoms with Gasteiger partial charge in [-0.2, -0.15) is 0 Å². The first-order chi connectivity index (χ1) is 13.4. The molecule has 0 bridgehead atoms. The van der Waals surface area contributed by atoms with Gasteiger partial charge in [0.15, 0.2) is 4.32 Å². The summed E-state index contributed by atoms with van der Waals surface area (Å²) in [6, 6.07) is 13.2. The minimum Gasteiger partial charge on any atom is -0.351 e. The summed E-state index contributed by atoms with van der Waals surface area (Å²) >= 11 is 6.67. The number of hydrogen-bond acceptors (Lipinski definition) is 4. The Balaban J connectivity index is 1.81. The van der Waals surface area contributed by atoms with Crippen LogP contribution in [0.2, 0.25) is 0 Å². The Morgan fingerprint density at radius 1 is 1.04 bits per heavy atom. The molecule has 8 heteroatoms. The molecule has 1 fully saturated rings. The molecule has 0 saturated carbocycles. The van der Waals surface area contributed by atoms with Crippen LogP contribution in [0.4, 0.5) is 5.69 Å². The maximum Gasteiger partial charge on any atom is 0.296 e. The number of carbonyl (C=O) groups is 1. The zero-order chi connectivity index (χ0) is 20.0. The number of thiocarbonyl (C=S) groups is 1. The Morgan fingerprint density at radius 2 is 1.75 bits per heavy atom. The molecule has 6 nitrogen and oxygen atoms in total. The third-order valence-corrected chi connectivity index (χ3v) is 6.11. The lowest BCUT2D eigenvalue weighted by atomic mass is 10.3. The molecule has 1 saturated heterocycles. The zero-order valence-corrected chi connectivity index (χ0v) is 17.3. The molecular formula is C20H18N4O2S2. The minimum absolute atomic E-state index is 0.275. The fraction of sp³-hybridized carbons (Fsp3) is 0.150. The molecule has 0 spiro atoms. The van der Waals surface area contributed by atoms with Crippen LogP contribution in [0.15, 0.2) is 58.4 Å². The number of benzene rings is 1. The van der Waals surface area contributed by atoms with Crippen molar-refractivity contribution >= 4 is 46.0 Å². The van der Waals surface area contributed by atoms with E-state index in [9.17, 15) is 9.59 Å². The standard InChI is InChI=1S/C20H18N4O2S2/c1-13-17(19(26)24(22(13)3)14-8-5-4-6-9-14)23-18(25)16(28-20(23)27)12-15-10-7-11-21(15)2/h4-12H,1-3H3/b16-12+. The molecule has 1 aromatic carbocycles. The van der Waals surface area contributed by atoms with Crippen LogP contribution in [0.1, 0.15) is 11.4 Å². The maximum absolute atomic E-state index is 13.2. The fourth-order valence-corrected chi connectivity index (χ4v) is 4.49. The van der Waals surface area contributed by atoms with E-state index in [0.29, 0.717) is 20.6 Å². The van der Waals surface area contributed by atoms with Gasteiger partial charge in [-0.15, -0.1) is 0 Å². The summed E-state index contributed by atoms with van der Waals surface area (Å²) in [5, 5.41) is 0. The number of rotatable bonds is 3. The van der Waals surface area contributed by atoms with Gasteiger partial charge in [-0.05, 0) is 37.3 Å². The summed E-state index contributed by atoms with van der Waals surface area (Å²) in [6.45, 7) is 1.82. The average Bonchev–Trinajstić information content (AvgIpc) is 3.27. The number of para-hydroxylation sites is 1. The van der Waals surface area contributed by atoms with E-state index in [1.807, 2.05) is 67.2 Å². The van der Waals surface area contributed by atoms with Gasteiger partial charge in [-0.1, -0.05) is 42.2 Å². The number of amides is 1. The minimum atomic E-state index is -0.276. The number of nitrogens with zero attached hydrogens (tertiary/aromatic N) is 4. The number of carbonyl (C=O) groups excluding carboxylic acids is 1. The fourth-order valence-electron chi connectivity index (χ4n) is 3.23. The lowest BCUT2D eigenvalue weighted by Crippen LogP contribution is -2.33. The lowest BCUT2D eigenvalue weighted by Gasteiger charge is -2.12. The summed E-state index contributed by atoms with van der Waals surface area (Å²) in [6.07, 6.45) is 3.71. The van der Waals surface area contributed by atoms with Crippen LogP contribution in [0.3, 0.4) is 0 Å². The molecule has 142 valence electrons. The molecule has 1 aliphatic rings. The summed E-state index contributed by atoms with van der Waals surface area (Å²) < 4.78 is 5.57. The quantitative estimate of drug-likeness (QED) is 0.491. The van der Waals surface area contributed by atoms with Crippen molar-refractivity contribution in [2.75, 3.05) is 4.90 Å². The normalized spacial score (nSPS) is 15.8. The van der Waals surface area contributed by atoms with Gasteiger partial charge in [0.05, 0.1) is 16.3 Å². The van der Waals surface area contributed by atoms with Crippen molar-refractivity contribution in [3.63, 3.8) is 0 Å². The Morgan fingerprint density at radius 3 is 2.39 bits per heavy atom. The number of anilines is 1. The highest BCUT2D eigenvalue weighted by Gasteiger charge is 2.37. The number of hydrogen-bond donors (Lipinski definition) is 0. The van der Waals surface area contributed by atoms with E-state index in [-0.39, 0.29) is 11.5 Å².